The van der Waals surface area contributed by atoms with Gasteiger partial charge in [-0.25, -0.2) is 0 Å². The molecule has 1 rings (SSSR count). The first-order valence-corrected chi connectivity index (χ1v) is 6.48. The van der Waals surface area contributed by atoms with E-state index in [0.29, 0.717) is 0 Å². The molecule has 0 aromatic heterocycles. The summed E-state index contributed by atoms with van der Waals surface area (Å²) in [5, 5.41) is 8.35. The molecule has 0 atom stereocenters. The van der Waals surface area contributed by atoms with E-state index in [2.05, 4.69) is 4.18 Å². The number of benzene rings is 1. The number of aryl methyl sites for hydroxylation is 1. The molecule has 0 saturated carbocycles. The van der Waals surface area contributed by atoms with Gasteiger partial charge in [-0.3, -0.25) is 9.59 Å². The van der Waals surface area contributed by atoms with Crippen LogP contribution in [0.5, 0.6) is 0 Å². The summed E-state index contributed by atoms with van der Waals surface area (Å²) >= 11 is 0. The van der Waals surface area contributed by atoms with Crippen molar-refractivity contribution in [1.82, 2.24) is 6.15 Å². The Bertz CT molecular complexity index is 549. The summed E-state index contributed by atoms with van der Waals surface area (Å²) < 4.78 is 27.5. The van der Waals surface area contributed by atoms with Crippen LogP contribution in [0.25, 0.3) is 0 Å². The van der Waals surface area contributed by atoms with Crippen LogP contribution in [0.15, 0.2) is 29.2 Å². The Balaban J connectivity index is 0.00000324. The molecule has 1 aromatic carbocycles. The topological polar surface area (TPSA) is 133 Å². The lowest BCUT2D eigenvalue weighted by Crippen LogP contribution is -2.14. The second-order valence-corrected chi connectivity index (χ2v) is 5.16. The van der Waals surface area contributed by atoms with Gasteiger partial charge < -0.3 is 15.4 Å². The number of carboxylic acids is 1. The SMILES string of the molecule is Cc1ccc(S(=O)(=O)OC(=O)CCC(=O)O)cc1.N. The van der Waals surface area contributed by atoms with Crippen molar-refractivity contribution in [2.75, 3.05) is 0 Å². The third kappa shape index (κ3) is 5.49. The van der Waals surface area contributed by atoms with Gasteiger partial charge in [-0.1, -0.05) is 17.7 Å². The average molecular weight is 289 g/mol. The molecule has 0 spiro atoms. The highest BCUT2D eigenvalue weighted by molar-refractivity contribution is 7.87. The number of aliphatic carboxylic acids is 1. The molecule has 4 N–H and O–H groups in total. The lowest BCUT2D eigenvalue weighted by molar-refractivity contribution is -0.142. The summed E-state index contributed by atoms with van der Waals surface area (Å²) in [6.07, 6.45) is -0.956. The van der Waals surface area contributed by atoms with Gasteiger partial charge in [0.15, 0.2) is 0 Å². The van der Waals surface area contributed by atoms with Crippen molar-refractivity contribution >= 4 is 22.1 Å². The normalized spacial score (nSPS) is 10.4. The van der Waals surface area contributed by atoms with Crippen LogP contribution in [0.3, 0.4) is 0 Å². The molecule has 106 valence electrons. The minimum atomic E-state index is -4.17. The first-order chi connectivity index (χ1) is 8.31. The van der Waals surface area contributed by atoms with Crippen LogP contribution in [0, 0.1) is 6.92 Å². The summed E-state index contributed by atoms with van der Waals surface area (Å²) in [7, 11) is -4.17. The molecule has 0 fully saturated rings. The van der Waals surface area contributed by atoms with Crippen molar-refractivity contribution in [2.45, 2.75) is 24.7 Å². The zero-order chi connectivity index (χ0) is 13.8. The molecular formula is C11H15NO6S. The molecule has 0 saturated heterocycles. The zero-order valence-electron chi connectivity index (χ0n) is 10.3. The first-order valence-electron chi connectivity index (χ1n) is 5.07. The van der Waals surface area contributed by atoms with Crippen LogP contribution in [0.4, 0.5) is 0 Å². The minimum Gasteiger partial charge on any atom is -0.481 e. The minimum absolute atomic E-state index is 0. The van der Waals surface area contributed by atoms with E-state index in [0.717, 1.165) is 5.56 Å². The standard InChI is InChI=1S/C11H12O6S.H3N/c1-8-2-4-9(5-3-8)18(15,16)17-11(14)7-6-10(12)13;/h2-5H,6-7H2,1H3,(H,12,13);1H3. The predicted molar refractivity (Wildman–Crippen MR) is 66.3 cm³/mol. The number of carbonyl (C=O) groups excluding carboxylic acids is 1. The van der Waals surface area contributed by atoms with Gasteiger partial charge in [0, 0.05) is 0 Å². The van der Waals surface area contributed by atoms with Crippen LogP contribution in [-0.4, -0.2) is 25.5 Å². The summed E-state index contributed by atoms with van der Waals surface area (Å²) in [5.74, 6) is -2.28. The van der Waals surface area contributed by atoms with E-state index in [-0.39, 0.29) is 11.0 Å². The summed E-state index contributed by atoms with van der Waals surface area (Å²) in [6, 6.07) is 5.76. The molecule has 0 amide bonds. The predicted octanol–water partition coefficient (Wildman–Crippen LogP) is 1.25. The fourth-order valence-electron chi connectivity index (χ4n) is 1.13. The van der Waals surface area contributed by atoms with Crippen molar-refractivity contribution in [1.29, 1.82) is 0 Å². The third-order valence-electron chi connectivity index (χ3n) is 2.06. The number of rotatable bonds is 5. The highest BCUT2D eigenvalue weighted by Gasteiger charge is 2.20. The van der Waals surface area contributed by atoms with Crippen molar-refractivity contribution in [2.24, 2.45) is 0 Å². The highest BCUT2D eigenvalue weighted by Crippen LogP contribution is 2.14. The molecule has 19 heavy (non-hydrogen) atoms. The van der Waals surface area contributed by atoms with E-state index in [1.807, 2.05) is 0 Å². The van der Waals surface area contributed by atoms with E-state index in [1.54, 1.807) is 19.1 Å². The Morgan fingerprint density at radius 2 is 1.68 bits per heavy atom. The van der Waals surface area contributed by atoms with E-state index >= 15 is 0 Å². The fraction of sp³-hybridized carbons (Fsp3) is 0.273. The molecule has 0 aliphatic carbocycles. The second-order valence-electron chi connectivity index (χ2n) is 3.62. The summed E-state index contributed by atoms with van der Waals surface area (Å²) in [4.78, 5) is 21.2. The molecule has 0 radical (unpaired) electrons. The van der Waals surface area contributed by atoms with Gasteiger partial charge in [0.2, 0.25) is 0 Å². The Labute approximate surface area is 110 Å². The van der Waals surface area contributed by atoms with E-state index in [4.69, 9.17) is 5.11 Å². The quantitative estimate of drug-likeness (QED) is 0.779. The number of carbonyl (C=O) groups is 2. The lowest BCUT2D eigenvalue weighted by atomic mass is 10.2. The second kappa shape index (κ2) is 6.86. The van der Waals surface area contributed by atoms with Gasteiger partial charge >= 0.3 is 22.1 Å². The van der Waals surface area contributed by atoms with Crippen molar-refractivity contribution in [3.05, 3.63) is 29.8 Å². The summed E-state index contributed by atoms with van der Waals surface area (Å²) in [6.45, 7) is 1.79. The maximum absolute atomic E-state index is 11.6. The molecule has 0 unspecified atom stereocenters. The molecule has 0 aliphatic heterocycles. The largest absolute Gasteiger partial charge is 0.481 e. The van der Waals surface area contributed by atoms with Crippen LogP contribution >= 0.6 is 0 Å². The first kappa shape index (κ1) is 17.1. The van der Waals surface area contributed by atoms with E-state index in [1.165, 1.54) is 12.1 Å². The number of carboxylic acid groups (broad SMARTS) is 1. The van der Waals surface area contributed by atoms with Gasteiger partial charge in [-0.2, -0.15) is 8.42 Å². The summed E-state index contributed by atoms with van der Waals surface area (Å²) in [5.41, 5.74) is 0.867. The highest BCUT2D eigenvalue weighted by atomic mass is 32.2. The number of hydrogen-bond acceptors (Lipinski definition) is 6. The lowest BCUT2D eigenvalue weighted by Gasteiger charge is -2.05. The van der Waals surface area contributed by atoms with Crippen molar-refractivity contribution < 1.29 is 27.3 Å². The molecule has 1 aromatic rings. The van der Waals surface area contributed by atoms with Crippen molar-refractivity contribution in [3.63, 3.8) is 0 Å². The third-order valence-corrected chi connectivity index (χ3v) is 3.31. The molecule has 0 bridgehead atoms. The Hall–Kier alpha value is -1.93. The number of hydrogen-bond donors (Lipinski definition) is 2. The molecule has 7 nitrogen and oxygen atoms in total. The zero-order valence-corrected chi connectivity index (χ0v) is 11.1. The Kier molecular flexibility index (Phi) is 6.16. The van der Waals surface area contributed by atoms with Crippen LogP contribution < -0.4 is 6.15 Å². The van der Waals surface area contributed by atoms with Gasteiger partial charge in [-0.15, -0.1) is 0 Å². The van der Waals surface area contributed by atoms with Crippen LogP contribution in [-0.2, 0) is 23.9 Å². The fourth-order valence-corrected chi connectivity index (χ4v) is 2.02. The average Bonchev–Trinajstić information content (AvgIpc) is 2.26. The van der Waals surface area contributed by atoms with E-state index in [9.17, 15) is 18.0 Å². The molecule has 8 heteroatoms. The van der Waals surface area contributed by atoms with Crippen LogP contribution in [0.2, 0.25) is 0 Å². The molecular weight excluding hydrogens is 274 g/mol. The van der Waals surface area contributed by atoms with Gasteiger partial charge in [-0.05, 0) is 19.1 Å². The molecule has 0 heterocycles. The maximum atomic E-state index is 11.6. The van der Waals surface area contributed by atoms with Gasteiger partial charge in [0.25, 0.3) is 0 Å². The monoisotopic (exact) mass is 289 g/mol. The Morgan fingerprint density at radius 3 is 2.16 bits per heavy atom. The molecule has 0 aliphatic rings. The van der Waals surface area contributed by atoms with Crippen molar-refractivity contribution in [3.8, 4) is 0 Å². The van der Waals surface area contributed by atoms with Gasteiger partial charge in [0.05, 0.1) is 12.8 Å². The maximum Gasteiger partial charge on any atom is 0.341 e. The van der Waals surface area contributed by atoms with E-state index < -0.39 is 34.9 Å². The smallest absolute Gasteiger partial charge is 0.341 e. The Morgan fingerprint density at radius 1 is 1.16 bits per heavy atom. The van der Waals surface area contributed by atoms with Gasteiger partial charge in [0.1, 0.15) is 4.90 Å². The van der Waals surface area contributed by atoms with Crippen LogP contribution in [0.1, 0.15) is 18.4 Å².